The van der Waals surface area contributed by atoms with Crippen LogP contribution in [-0.2, 0) is 9.59 Å². The Labute approximate surface area is 173 Å². The molecule has 0 aliphatic carbocycles. The van der Waals surface area contributed by atoms with E-state index in [4.69, 9.17) is 51.1 Å². The van der Waals surface area contributed by atoms with E-state index in [2.05, 4.69) is 0 Å². The summed E-state index contributed by atoms with van der Waals surface area (Å²) in [4.78, 5) is 20.0. The molecule has 164 valence electrons. The Balaban J connectivity index is -0.000000192. The standard InChI is InChI=1S/2C6H12O7.Mg.H2O/c2*7-1-2(8)3(9)4(10)5(11)6(12)13;;/h2*2-5,7-11H,1H2,(H,12,13);;1H2/q;;+2;/p-2/t2*2-,3+,4-,5-;;/m11../s1. The van der Waals surface area contributed by atoms with Crippen LogP contribution in [0, 0.1) is 0 Å². The van der Waals surface area contributed by atoms with Gasteiger partial charge < -0.3 is 76.3 Å². The number of aliphatic carboxylic acids is 2. The molecule has 12 N–H and O–H groups in total. The second-order valence-electron chi connectivity index (χ2n) is 4.99. The monoisotopic (exact) mass is 432 g/mol. The third-order valence-corrected chi connectivity index (χ3v) is 2.99. The molecule has 0 heterocycles. The molecule has 0 amide bonds. The van der Waals surface area contributed by atoms with Gasteiger partial charge in [0.25, 0.3) is 0 Å². The molecule has 0 aliphatic heterocycles. The van der Waals surface area contributed by atoms with Crippen LogP contribution in [0.5, 0.6) is 0 Å². The van der Waals surface area contributed by atoms with Crippen molar-refractivity contribution in [1.29, 1.82) is 0 Å². The molecule has 0 radical (unpaired) electrons. The fraction of sp³-hybridized carbons (Fsp3) is 0.833. The average molecular weight is 433 g/mol. The molecule has 15 nitrogen and oxygen atoms in total. The van der Waals surface area contributed by atoms with Crippen LogP contribution in [0.4, 0.5) is 0 Å². The van der Waals surface area contributed by atoms with Gasteiger partial charge in [-0.3, -0.25) is 0 Å². The van der Waals surface area contributed by atoms with Gasteiger partial charge in [0.15, 0.2) is 0 Å². The van der Waals surface area contributed by atoms with Gasteiger partial charge in [-0.1, -0.05) is 0 Å². The fourth-order valence-corrected chi connectivity index (χ4v) is 1.32. The Kier molecular flexibility index (Phi) is 21.3. The summed E-state index contributed by atoms with van der Waals surface area (Å²) in [5.74, 6) is -3.95. The SMILES string of the molecule is O.O=C([O-])[C@H](O)[C@H](O)[C@@H](O)[C@H](O)CO.O=C([O-])[C@H](O)[C@H](O)[C@@H](O)[C@H](O)CO.[Mg+2]. The predicted molar refractivity (Wildman–Crippen MR) is 81.6 cm³/mol. The minimum atomic E-state index is -2.31. The molecule has 0 fully saturated rings. The van der Waals surface area contributed by atoms with E-state index >= 15 is 0 Å². The number of carboxylic acids is 2. The number of carbonyl (C=O) groups is 2. The molecule has 0 aromatic rings. The minimum Gasteiger partial charge on any atom is -0.547 e. The van der Waals surface area contributed by atoms with Gasteiger partial charge in [0.2, 0.25) is 0 Å². The van der Waals surface area contributed by atoms with Crippen LogP contribution in [0.25, 0.3) is 0 Å². The van der Waals surface area contributed by atoms with E-state index in [-0.39, 0.29) is 28.5 Å². The Morgan fingerprint density at radius 1 is 0.607 bits per heavy atom. The molecule has 8 atom stereocenters. The number of aliphatic hydroxyl groups is 10. The average Bonchev–Trinajstić information content (AvgIpc) is 2.62. The van der Waals surface area contributed by atoms with E-state index in [9.17, 15) is 19.8 Å². The summed E-state index contributed by atoms with van der Waals surface area (Å²) in [5, 5.41) is 107. The number of carboxylic acid groups (broad SMARTS) is 2. The summed E-state index contributed by atoms with van der Waals surface area (Å²) in [6.45, 7) is -1.73. The second kappa shape index (κ2) is 17.2. The van der Waals surface area contributed by atoms with Crippen molar-refractivity contribution in [2.24, 2.45) is 0 Å². The zero-order valence-electron chi connectivity index (χ0n) is 14.3. The maximum absolute atomic E-state index is 9.98. The summed E-state index contributed by atoms with van der Waals surface area (Å²) in [6, 6.07) is 0. The van der Waals surface area contributed by atoms with Gasteiger partial charge in [0.1, 0.15) is 48.8 Å². The maximum atomic E-state index is 9.98. The summed E-state index contributed by atoms with van der Waals surface area (Å²) in [7, 11) is 0. The normalized spacial score (nSPS) is 18.9. The van der Waals surface area contributed by atoms with Gasteiger partial charge in [0, 0.05) is 0 Å². The topological polar surface area (TPSA) is 314 Å². The predicted octanol–water partition coefficient (Wildman–Crippen LogP) is -10.9. The van der Waals surface area contributed by atoms with Gasteiger partial charge in [-0.15, -0.1) is 0 Å². The van der Waals surface area contributed by atoms with Crippen LogP contribution < -0.4 is 10.2 Å². The maximum Gasteiger partial charge on any atom is 2.00 e. The number of carbonyl (C=O) groups excluding carboxylic acids is 2. The van der Waals surface area contributed by atoms with Crippen molar-refractivity contribution in [3.05, 3.63) is 0 Å². The molecule has 0 aromatic heterocycles. The molecular formula is C12H24MgO15. The summed E-state index contributed by atoms with van der Waals surface area (Å²) >= 11 is 0. The van der Waals surface area contributed by atoms with Crippen LogP contribution in [0.2, 0.25) is 0 Å². The number of aliphatic hydroxyl groups excluding tert-OH is 10. The second-order valence-corrected chi connectivity index (χ2v) is 4.99. The van der Waals surface area contributed by atoms with Crippen molar-refractivity contribution in [2.45, 2.75) is 48.8 Å². The van der Waals surface area contributed by atoms with Crippen molar-refractivity contribution in [1.82, 2.24) is 0 Å². The third kappa shape index (κ3) is 12.0. The molecule has 16 heteroatoms. The first-order valence-corrected chi connectivity index (χ1v) is 6.91. The van der Waals surface area contributed by atoms with Crippen LogP contribution in [-0.4, -0.2) is 154 Å². The quantitative estimate of drug-likeness (QED) is 0.143. The molecule has 0 aromatic carbocycles. The number of hydrogen-bond donors (Lipinski definition) is 10. The minimum absolute atomic E-state index is 0. The van der Waals surface area contributed by atoms with E-state index < -0.39 is 74.0 Å². The van der Waals surface area contributed by atoms with E-state index in [1.54, 1.807) is 0 Å². The summed E-state index contributed by atoms with van der Waals surface area (Å²) < 4.78 is 0. The molecule has 0 unspecified atom stereocenters. The molecule has 0 bridgehead atoms. The van der Waals surface area contributed by atoms with Gasteiger partial charge in [-0.25, -0.2) is 0 Å². The zero-order chi connectivity index (χ0) is 21.2. The number of rotatable bonds is 10. The Morgan fingerprint density at radius 2 is 0.821 bits per heavy atom. The van der Waals surface area contributed by atoms with E-state index in [1.165, 1.54) is 0 Å². The van der Waals surface area contributed by atoms with E-state index in [0.29, 0.717) is 0 Å². The van der Waals surface area contributed by atoms with Crippen molar-refractivity contribution in [2.75, 3.05) is 13.2 Å². The largest absolute Gasteiger partial charge is 2.00 e. The van der Waals surface area contributed by atoms with Gasteiger partial charge in [-0.2, -0.15) is 0 Å². The van der Waals surface area contributed by atoms with Gasteiger partial charge >= 0.3 is 23.1 Å². The molecule has 0 rings (SSSR count). The smallest absolute Gasteiger partial charge is 0.547 e. The zero-order valence-corrected chi connectivity index (χ0v) is 15.8. The Hall–Kier alpha value is -0.734. The van der Waals surface area contributed by atoms with Crippen molar-refractivity contribution >= 4 is 35.0 Å². The molecule has 28 heavy (non-hydrogen) atoms. The molecule has 0 saturated carbocycles. The van der Waals surface area contributed by atoms with Crippen LogP contribution >= 0.6 is 0 Å². The number of hydrogen-bond acceptors (Lipinski definition) is 14. The van der Waals surface area contributed by atoms with Gasteiger partial charge in [-0.05, 0) is 0 Å². The van der Waals surface area contributed by atoms with Crippen molar-refractivity contribution < 1.29 is 76.3 Å². The Bertz CT molecular complexity index is 386. The van der Waals surface area contributed by atoms with E-state index in [0.717, 1.165) is 0 Å². The fourth-order valence-electron chi connectivity index (χ4n) is 1.32. The first kappa shape index (κ1) is 34.8. The Morgan fingerprint density at radius 3 is 0.964 bits per heavy atom. The first-order valence-electron chi connectivity index (χ1n) is 6.91. The summed E-state index contributed by atoms with van der Waals surface area (Å²) in [6.07, 6.45) is -16.2. The van der Waals surface area contributed by atoms with Crippen molar-refractivity contribution in [3.8, 4) is 0 Å². The first-order chi connectivity index (χ1) is 11.8. The summed E-state index contributed by atoms with van der Waals surface area (Å²) in [5.41, 5.74) is 0. The third-order valence-electron chi connectivity index (χ3n) is 2.99. The van der Waals surface area contributed by atoms with Crippen LogP contribution in [0.3, 0.4) is 0 Å². The molecular weight excluding hydrogens is 408 g/mol. The van der Waals surface area contributed by atoms with Gasteiger partial charge in [0.05, 0.1) is 25.2 Å². The molecule has 0 spiro atoms. The van der Waals surface area contributed by atoms with Crippen LogP contribution in [0.15, 0.2) is 0 Å². The van der Waals surface area contributed by atoms with E-state index in [1.807, 2.05) is 0 Å². The molecule has 0 saturated heterocycles. The molecule has 0 aliphatic rings. The van der Waals surface area contributed by atoms with Crippen LogP contribution in [0.1, 0.15) is 0 Å². The van der Waals surface area contributed by atoms with Crippen molar-refractivity contribution in [3.63, 3.8) is 0 Å².